The van der Waals surface area contributed by atoms with E-state index >= 15 is 0 Å². The standard InChI is InChI=1S/C19H15FN2O/c20-17-9-6-15(7-10-17)18-11-8-16(13-21-18)19(23)22-12-14-4-2-1-3-5-14/h1-11,13H,12H2,(H,22,23). The van der Waals surface area contributed by atoms with Gasteiger partial charge in [-0.05, 0) is 42.0 Å². The van der Waals surface area contributed by atoms with Crippen molar-refractivity contribution < 1.29 is 9.18 Å². The Morgan fingerprint density at radius 3 is 2.35 bits per heavy atom. The van der Waals surface area contributed by atoms with Crippen molar-refractivity contribution in [2.24, 2.45) is 0 Å². The molecule has 3 aromatic rings. The summed E-state index contributed by atoms with van der Waals surface area (Å²) >= 11 is 0. The molecule has 23 heavy (non-hydrogen) atoms. The van der Waals surface area contributed by atoms with Gasteiger partial charge in [-0.25, -0.2) is 4.39 Å². The summed E-state index contributed by atoms with van der Waals surface area (Å²) in [5, 5.41) is 2.85. The fourth-order valence-electron chi connectivity index (χ4n) is 2.20. The van der Waals surface area contributed by atoms with Crippen molar-refractivity contribution in [3.8, 4) is 11.3 Å². The zero-order valence-corrected chi connectivity index (χ0v) is 12.4. The minimum absolute atomic E-state index is 0.174. The second-order valence-electron chi connectivity index (χ2n) is 5.11. The number of pyridine rings is 1. The first-order chi connectivity index (χ1) is 11.2. The molecule has 1 heterocycles. The molecule has 0 bridgehead atoms. The van der Waals surface area contributed by atoms with E-state index in [-0.39, 0.29) is 11.7 Å². The Morgan fingerprint density at radius 1 is 0.957 bits per heavy atom. The Bertz CT molecular complexity index is 784. The third kappa shape index (κ3) is 3.80. The highest BCUT2D eigenvalue weighted by Crippen LogP contribution is 2.17. The number of nitrogens with one attached hydrogen (secondary N) is 1. The number of hydrogen-bond acceptors (Lipinski definition) is 2. The summed E-state index contributed by atoms with van der Waals surface area (Å²) in [6.45, 7) is 0.472. The van der Waals surface area contributed by atoms with Crippen LogP contribution in [-0.4, -0.2) is 10.9 Å². The molecule has 0 unspecified atom stereocenters. The highest BCUT2D eigenvalue weighted by Gasteiger charge is 2.07. The van der Waals surface area contributed by atoms with Crippen LogP contribution in [0.15, 0.2) is 72.9 Å². The van der Waals surface area contributed by atoms with Crippen molar-refractivity contribution in [2.45, 2.75) is 6.54 Å². The summed E-state index contributed by atoms with van der Waals surface area (Å²) in [6, 6.07) is 19.3. The van der Waals surface area contributed by atoms with E-state index in [1.165, 1.54) is 18.3 Å². The molecule has 4 heteroatoms. The van der Waals surface area contributed by atoms with E-state index < -0.39 is 0 Å². The van der Waals surface area contributed by atoms with Gasteiger partial charge in [-0.2, -0.15) is 0 Å². The number of halogens is 1. The molecule has 114 valence electrons. The van der Waals surface area contributed by atoms with Gasteiger partial charge in [0, 0.05) is 18.3 Å². The third-order valence-electron chi connectivity index (χ3n) is 3.46. The van der Waals surface area contributed by atoms with Crippen LogP contribution in [0.4, 0.5) is 4.39 Å². The van der Waals surface area contributed by atoms with Crippen LogP contribution in [0.3, 0.4) is 0 Å². The molecule has 0 fully saturated rings. The van der Waals surface area contributed by atoms with Gasteiger partial charge >= 0.3 is 0 Å². The van der Waals surface area contributed by atoms with Crippen molar-refractivity contribution in [3.63, 3.8) is 0 Å². The van der Waals surface area contributed by atoms with Crippen LogP contribution in [0.25, 0.3) is 11.3 Å². The number of amides is 1. The van der Waals surface area contributed by atoms with Crippen molar-refractivity contribution in [2.75, 3.05) is 0 Å². The van der Waals surface area contributed by atoms with Crippen molar-refractivity contribution in [1.82, 2.24) is 10.3 Å². The highest BCUT2D eigenvalue weighted by atomic mass is 19.1. The smallest absolute Gasteiger partial charge is 0.253 e. The molecule has 0 aliphatic heterocycles. The van der Waals surface area contributed by atoms with E-state index in [0.717, 1.165) is 11.1 Å². The van der Waals surface area contributed by atoms with Gasteiger partial charge in [-0.15, -0.1) is 0 Å². The van der Waals surface area contributed by atoms with Gasteiger partial charge in [0.2, 0.25) is 0 Å². The van der Waals surface area contributed by atoms with Crippen LogP contribution < -0.4 is 5.32 Å². The van der Waals surface area contributed by atoms with Crippen LogP contribution in [0.1, 0.15) is 15.9 Å². The van der Waals surface area contributed by atoms with Crippen molar-refractivity contribution >= 4 is 5.91 Å². The molecule has 0 saturated heterocycles. The number of carbonyl (C=O) groups excluding carboxylic acids is 1. The van der Waals surface area contributed by atoms with E-state index in [1.807, 2.05) is 30.3 Å². The molecule has 1 aromatic heterocycles. The van der Waals surface area contributed by atoms with Crippen LogP contribution in [0.2, 0.25) is 0 Å². The summed E-state index contributed by atoms with van der Waals surface area (Å²) < 4.78 is 12.9. The fraction of sp³-hybridized carbons (Fsp3) is 0.0526. The van der Waals surface area contributed by atoms with E-state index in [2.05, 4.69) is 10.3 Å². The minimum Gasteiger partial charge on any atom is -0.348 e. The molecular formula is C19H15FN2O. The van der Waals surface area contributed by atoms with Crippen molar-refractivity contribution in [3.05, 3.63) is 89.9 Å². The molecule has 1 N–H and O–H groups in total. The third-order valence-corrected chi connectivity index (χ3v) is 3.46. The van der Waals surface area contributed by atoms with Gasteiger partial charge in [0.15, 0.2) is 0 Å². The maximum Gasteiger partial charge on any atom is 0.253 e. The largest absolute Gasteiger partial charge is 0.348 e. The van der Waals surface area contributed by atoms with Gasteiger partial charge in [-0.3, -0.25) is 9.78 Å². The fourth-order valence-corrected chi connectivity index (χ4v) is 2.20. The van der Waals surface area contributed by atoms with Crippen molar-refractivity contribution in [1.29, 1.82) is 0 Å². The molecule has 0 saturated carbocycles. The number of nitrogens with zero attached hydrogens (tertiary/aromatic N) is 1. The van der Waals surface area contributed by atoms with E-state index in [1.54, 1.807) is 24.3 Å². The zero-order valence-electron chi connectivity index (χ0n) is 12.4. The average Bonchev–Trinajstić information content (AvgIpc) is 2.61. The summed E-state index contributed by atoms with van der Waals surface area (Å²) in [4.78, 5) is 16.4. The monoisotopic (exact) mass is 306 g/mol. The van der Waals surface area contributed by atoms with E-state index in [4.69, 9.17) is 0 Å². The lowest BCUT2D eigenvalue weighted by molar-refractivity contribution is 0.0950. The van der Waals surface area contributed by atoms with E-state index in [9.17, 15) is 9.18 Å². The molecule has 3 nitrogen and oxygen atoms in total. The van der Waals surface area contributed by atoms with E-state index in [0.29, 0.717) is 17.8 Å². The van der Waals surface area contributed by atoms with Gasteiger partial charge in [-0.1, -0.05) is 30.3 Å². The second kappa shape index (κ2) is 6.83. The lowest BCUT2D eigenvalue weighted by Crippen LogP contribution is -2.22. The summed E-state index contributed by atoms with van der Waals surface area (Å²) in [5.41, 5.74) is 3.04. The first-order valence-corrected chi connectivity index (χ1v) is 7.26. The molecule has 0 aliphatic carbocycles. The molecule has 0 atom stereocenters. The predicted molar refractivity (Wildman–Crippen MR) is 87.2 cm³/mol. The Kier molecular flexibility index (Phi) is 4.43. The Hall–Kier alpha value is -3.01. The van der Waals surface area contributed by atoms with Gasteiger partial charge in [0.05, 0.1) is 11.3 Å². The summed E-state index contributed by atoms with van der Waals surface area (Å²) in [5.74, 6) is -0.460. The molecule has 0 radical (unpaired) electrons. The Labute approximate surface area is 133 Å². The lowest BCUT2D eigenvalue weighted by Gasteiger charge is -2.06. The molecule has 1 amide bonds. The Morgan fingerprint density at radius 2 is 1.70 bits per heavy atom. The zero-order chi connectivity index (χ0) is 16.1. The number of hydrogen-bond donors (Lipinski definition) is 1. The predicted octanol–water partition coefficient (Wildman–Crippen LogP) is 3.82. The quantitative estimate of drug-likeness (QED) is 0.796. The molecule has 2 aromatic carbocycles. The van der Waals surface area contributed by atoms with Gasteiger partial charge < -0.3 is 5.32 Å². The minimum atomic E-state index is -0.286. The molecule has 0 spiro atoms. The van der Waals surface area contributed by atoms with Crippen LogP contribution >= 0.6 is 0 Å². The second-order valence-corrected chi connectivity index (χ2v) is 5.11. The first-order valence-electron chi connectivity index (χ1n) is 7.26. The average molecular weight is 306 g/mol. The summed E-state index contributed by atoms with van der Waals surface area (Å²) in [6.07, 6.45) is 1.53. The van der Waals surface area contributed by atoms with Crippen LogP contribution in [-0.2, 0) is 6.54 Å². The Balaban J connectivity index is 1.67. The molecule has 3 rings (SSSR count). The maximum atomic E-state index is 12.9. The molecular weight excluding hydrogens is 291 g/mol. The normalized spacial score (nSPS) is 10.3. The maximum absolute atomic E-state index is 12.9. The van der Waals surface area contributed by atoms with Crippen LogP contribution in [0, 0.1) is 5.82 Å². The summed E-state index contributed by atoms with van der Waals surface area (Å²) in [7, 11) is 0. The number of carbonyl (C=O) groups is 1. The van der Waals surface area contributed by atoms with Gasteiger partial charge in [0.1, 0.15) is 5.82 Å². The highest BCUT2D eigenvalue weighted by molar-refractivity contribution is 5.94. The number of benzene rings is 2. The SMILES string of the molecule is O=C(NCc1ccccc1)c1ccc(-c2ccc(F)cc2)nc1. The van der Waals surface area contributed by atoms with Gasteiger partial charge in [0.25, 0.3) is 5.91 Å². The van der Waals surface area contributed by atoms with Crippen LogP contribution in [0.5, 0.6) is 0 Å². The number of rotatable bonds is 4. The number of aromatic nitrogens is 1. The first kappa shape index (κ1) is 14.9. The topological polar surface area (TPSA) is 42.0 Å². The lowest BCUT2D eigenvalue weighted by atomic mass is 10.1. The molecule has 0 aliphatic rings.